The molecule has 0 radical (unpaired) electrons. The van der Waals surface area contributed by atoms with E-state index in [1.165, 1.54) is 6.42 Å². The summed E-state index contributed by atoms with van der Waals surface area (Å²) in [7, 11) is 0. The van der Waals surface area contributed by atoms with Gasteiger partial charge in [-0.3, -0.25) is 9.59 Å². The van der Waals surface area contributed by atoms with Crippen LogP contribution in [0.1, 0.15) is 49.1 Å². The minimum Gasteiger partial charge on any atom is -0.481 e. The van der Waals surface area contributed by atoms with E-state index in [4.69, 9.17) is 9.84 Å². The van der Waals surface area contributed by atoms with Crippen molar-refractivity contribution in [2.75, 3.05) is 13.2 Å². The fourth-order valence-electron chi connectivity index (χ4n) is 5.69. The Morgan fingerprint density at radius 3 is 2.18 bits per heavy atom. The number of carboxylic acid groups (broad SMARTS) is 1. The van der Waals surface area contributed by atoms with E-state index in [2.05, 4.69) is 22.8 Å². The Kier molecular flexibility index (Phi) is 6.26. The molecule has 0 aromatic heterocycles. The van der Waals surface area contributed by atoms with Crippen molar-refractivity contribution in [1.29, 1.82) is 0 Å². The van der Waals surface area contributed by atoms with Crippen molar-refractivity contribution < 1.29 is 24.2 Å². The van der Waals surface area contributed by atoms with Crippen LogP contribution in [-0.2, 0) is 14.3 Å². The summed E-state index contributed by atoms with van der Waals surface area (Å²) in [6.45, 7) is 0.708. The SMILES string of the molecule is O=C(O)CCC(NC(=O)OCC1c2ccccc2-c2ccccc21)C(=O)NCC1CC2CC2C1. The van der Waals surface area contributed by atoms with Gasteiger partial charge >= 0.3 is 12.1 Å². The fraction of sp³-hybridized carbons (Fsp3) is 0.444. The molecular formula is C27H30N2O5. The summed E-state index contributed by atoms with van der Waals surface area (Å²) in [4.78, 5) is 36.5. The van der Waals surface area contributed by atoms with Gasteiger partial charge in [-0.05, 0) is 65.7 Å². The number of hydrogen-bond donors (Lipinski definition) is 3. The number of carbonyl (C=O) groups excluding carboxylic acids is 2. The summed E-state index contributed by atoms with van der Waals surface area (Å²) in [5, 5.41) is 14.6. The van der Waals surface area contributed by atoms with Gasteiger partial charge in [0.1, 0.15) is 12.6 Å². The molecule has 2 saturated carbocycles. The molecule has 0 bridgehead atoms. The molecule has 5 rings (SSSR count). The van der Waals surface area contributed by atoms with Gasteiger partial charge in [-0.15, -0.1) is 0 Å². The van der Waals surface area contributed by atoms with Gasteiger partial charge in [0.25, 0.3) is 0 Å². The average molecular weight is 463 g/mol. The van der Waals surface area contributed by atoms with E-state index in [0.717, 1.165) is 46.9 Å². The predicted octanol–water partition coefficient (Wildman–Crippen LogP) is 3.92. The molecule has 2 amide bonds. The molecule has 3 aliphatic carbocycles. The van der Waals surface area contributed by atoms with E-state index in [9.17, 15) is 14.4 Å². The lowest BCUT2D eigenvalue weighted by Crippen LogP contribution is -2.48. The second-order valence-corrected chi connectivity index (χ2v) is 9.79. The monoisotopic (exact) mass is 462 g/mol. The summed E-state index contributed by atoms with van der Waals surface area (Å²) in [5.74, 6) is 0.672. The van der Waals surface area contributed by atoms with Crippen LogP contribution in [0.15, 0.2) is 48.5 Å². The van der Waals surface area contributed by atoms with E-state index in [-0.39, 0.29) is 31.3 Å². The third-order valence-corrected chi connectivity index (χ3v) is 7.51. The highest BCUT2D eigenvalue weighted by atomic mass is 16.5. The molecule has 3 unspecified atom stereocenters. The number of aliphatic carboxylic acids is 1. The molecule has 7 nitrogen and oxygen atoms in total. The van der Waals surface area contributed by atoms with Crippen LogP contribution in [0.5, 0.6) is 0 Å². The number of carboxylic acids is 1. The Balaban J connectivity index is 1.18. The fourth-order valence-corrected chi connectivity index (χ4v) is 5.69. The number of rotatable bonds is 9. The van der Waals surface area contributed by atoms with Crippen LogP contribution >= 0.6 is 0 Å². The molecule has 3 aliphatic rings. The third kappa shape index (κ3) is 4.79. The van der Waals surface area contributed by atoms with Gasteiger partial charge in [0.05, 0.1) is 0 Å². The maximum absolute atomic E-state index is 12.8. The normalized spacial score (nSPS) is 22.8. The first-order valence-electron chi connectivity index (χ1n) is 12.1. The number of nitrogens with one attached hydrogen (secondary N) is 2. The number of alkyl carbamates (subject to hydrolysis) is 1. The van der Waals surface area contributed by atoms with Crippen molar-refractivity contribution in [3.05, 3.63) is 59.7 Å². The molecule has 2 fully saturated rings. The van der Waals surface area contributed by atoms with E-state index < -0.39 is 18.1 Å². The molecule has 2 aromatic rings. The topological polar surface area (TPSA) is 105 Å². The van der Waals surface area contributed by atoms with Crippen LogP contribution in [-0.4, -0.2) is 42.3 Å². The average Bonchev–Trinajstić information content (AvgIpc) is 3.31. The van der Waals surface area contributed by atoms with Crippen LogP contribution in [0.2, 0.25) is 0 Å². The summed E-state index contributed by atoms with van der Waals surface area (Å²) in [6, 6.07) is 15.2. The van der Waals surface area contributed by atoms with E-state index in [1.54, 1.807) is 0 Å². The number of benzene rings is 2. The Morgan fingerprint density at radius 2 is 1.56 bits per heavy atom. The largest absolute Gasteiger partial charge is 0.481 e. The van der Waals surface area contributed by atoms with Crippen LogP contribution in [0, 0.1) is 17.8 Å². The van der Waals surface area contributed by atoms with Gasteiger partial charge in [0, 0.05) is 18.9 Å². The molecule has 34 heavy (non-hydrogen) atoms. The summed E-state index contributed by atoms with van der Waals surface area (Å²) in [5.41, 5.74) is 4.48. The maximum atomic E-state index is 12.8. The molecule has 7 heteroatoms. The first-order valence-corrected chi connectivity index (χ1v) is 12.1. The molecular weight excluding hydrogens is 432 g/mol. The maximum Gasteiger partial charge on any atom is 0.407 e. The van der Waals surface area contributed by atoms with Crippen molar-refractivity contribution >= 4 is 18.0 Å². The zero-order valence-electron chi connectivity index (χ0n) is 19.0. The van der Waals surface area contributed by atoms with Gasteiger partial charge in [0.2, 0.25) is 5.91 Å². The van der Waals surface area contributed by atoms with E-state index >= 15 is 0 Å². The number of carbonyl (C=O) groups is 3. The lowest BCUT2D eigenvalue weighted by Gasteiger charge is -2.20. The lowest BCUT2D eigenvalue weighted by atomic mass is 9.98. The second kappa shape index (κ2) is 9.49. The Labute approximate surface area is 198 Å². The van der Waals surface area contributed by atoms with Gasteiger partial charge < -0.3 is 20.5 Å². The highest BCUT2D eigenvalue weighted by Crippen LogP contribution is 2.54. The lowest BCUT2D eigenvalue weighted by molar-refractivity contribution is -0.137. The van der Waals surface area contributed by atoms with E-state index in [1.807, 2.05) is 36.4 Å². The van der Waals surface area contributed by atoms with Crippen LogP contribution in [0.4, 0.5) is 4.79 Å². The third-order valence-electron chi connectivity index (χ3n) is 7.51. The highest BCUT2D eigenvalue weighted by molar-refractivity contribution is 5.86. The van der Waals surface area contributed by atoms with Crippen molar-refractivity contribution in [2.24, 2.45) is 17.8 Å². The zero-order valence-corrected chi connectivity index (χ0v) is 19.0. The number of fused-ring (bicyclic) bond motifs is 4. The Bertz CT molecular complexity index is 1040. The van der Waals surface area contributed by atoms with Crippen LogP contribution < -0.4 is 10.6 Å². The van der Waals surface area contributed by atoms with Gasteiger partial charge in [0.15, 0.2) is 0 Å². The van der Waals surface area contributed by atoms with Crippen molar-refractivity contribution in [3.63, 3.8) is 0 Å². The number of hydrogen-bond acceptors (Lipinski definition) is 4. The summed E-state index contributed by atoms with van der Waals surface area (Å²) < 4.78 is 5.55. The summed E-state index contributed by atoms with van der Waals surface area (Å²) >= 11 is 0. The quantitative estimate of drug-likeness (QED) is 0.524. The molecule has 0 spiro atoms. The first kappa shape index (κ1) is 22.4. The highest BCUT2D eigenvalue weighted by Gasteiger charge is 2.45. The molecule has 3 atom stereocenters. The van der Waals surface area contributed by atoms with Crippen LogP contribution in [0.3, 0.4) is 0 Å². The second-order valence-electron chi connectivity index (χ2n) is 9.79. The predicted molar refractivity (Wildman–Crippen MR) is 126 cm³/mol. The van der Waals surface area contributed by atoms with Gasteiger partial charge in [-0.25, -0.2) is 4.79 Å². The Morgan fingerprint density at radius 1 is 0.941 bits per heavy atom. The minimum absolute atomic E-state index is 0.0152. The van der Waals surface area contributed by atoms with E-state index in [0.29, 0.717) is 12.5 Å². The van der Waals surface area contributed by atoms with Gasteiger partial charge in [-0.2, -0.15) is 0 Å². The molecule has 0 saturated heterocycles. The van der Waals surface area contributed by atoms with Crippen molar-refractivity contribution in [3.8, 4) is 11.1 Å². The van der Waals surface area contributed by atoms with Crippen molar-refractivity contribution in [1.82, 2.24) is 10.6 Å². The minimum atomic E-state index is -1.01. The first-order chi connectivity index (χ1) is 16.5. The molecule has 178 valence electrons. The Hall–Kier alpha value is -3.35. The molecule has 0 aliphatic heterocycles. The zero-order chi connectivity index (χ0) is 23.7. The summed E-state index contributed by atoms with van der Waals surface area (Å²) in [6.07, 6.45) is 2.69. The van der Waals surface area contributed by atoms with Crippen LogP contribution in [0.25, 0.3) is 11.1 Å². The van der Waals surface area contributed by atoms with Gasteiger partial charge in [-0.1, -0.05) is 48.5 Å². The smallest absolute Gasteiger partial charge is 0.407 e. The number of ether oxygens (including phenoxy) is 1. The van der Waals surface area contributed by atoms with Crippen molar-refractivity contribution in [2.45, 2.75) is 44.1 Å². The molecule has 0 heterocycles. The number of amides is 2. The standard InChI is InChI=1S/C27H30N2O5/c30-25(31)10-9-24(26(32)28-14-16-11-17-13-18(17)12-16)29-27(33)34-15-23-21-7-3-1-5-19(21)20-6-2-4-8-22(20)23/h1-8,16-18,23-24H,9-15H2,(H,28,32)(H,29,33)(H,30,31). The molecule has 2 aromatic carbocycles. The molecule has 3 N–H and O–H groups in total.